The maximum Gasteiger partial charge on any atom is 0.153 e. The summed E-state index contributed by atoms with van der Waals surface area (Å²) in [7, 11) is 3.75. The van der Waals surface area contributed by atoms with E-state index in [4.69, 9.17) is 11.6 Å². The molecule has 72 valence electrons. The van der Waals surface area contributed by atoms with Crippen molar-refractivity contribution in [1.29, 1.82) is 0 Å². The molecule has 0 radical (unpaired) electrons. The first kappa shape index (κ1) is 10.1. The topological polar surface area (TPSA) is 33.4 Å². The number of aromatic nitrogens is 2. The van der Waals surface area contributed by atoms with Gasteiger partial charge in [-0.25, -0.2) is 4.98 Å². The molecule has 1 aromatic rings. The van der Waals surface area contributed by atoms with Crippen molar-refractivity contribution in [3.8, 4) is 0 Å². The van der Waals surface area contributed by atoms with Crippen LogP contribution in [0.25, 0.3) is 0 Å². The molecule has 0 bridgehead atoms. The molecule has 13 heavy (non-hydrogen) atoms. The minimum Gasteiger partial charge on any atom is -0.317 e. The van der Waals surface area contributed by atoms with Gasteiger partial charge in [0.15, 0.2) is 5.82 Å². The highest BCUT2D eigenvalue weighted by Crippen LogP contribution is 2.06. The van der Waals surface area contributed by atoms with Gasteiger partial charge in [-0.3, -0.25) is 0 Å². The highest BCUT2D eigenvalue weighted by molar-refractivity contribution is 6.29. The van der Waals surface area contributed by atoms with Crippen LogP contribution >= 0.6 is 11.6 Å². The lowest BCUT2D eigenvalue weighted by Crippen LogP contribution is -2.10. The second-order valence-electron chi connectivity index (χ2n) is 2.72. The minimum absolute atomic E-state index is 0.612. The Labute approximate surface area is 82.8 Å². The van der Waals surface area contributed by atoms with Crippen LogP contribution in [0.5, 0.6) is 0 Å². The zero-order valence-corrected chi connectivity index (χ0v) is 8.78. The van der Waals surface area contributed by atoms with Gasteiger partial charge in [-0.2, -0.15) is 5.10 Å². The van der Waals surface area contributed by atoms with Crippen molar-refractivity contribution in [1.82, 2.24) is 14.6 Å². The number of rotatable bonds is 3. The summed E-state index contributed by atoms with van der Waals surface area (Å²) in [5.41, 5.74) is 0. The van der Waals surface area contributed by atoms with Crippen LogP contribution in [-0.4, -0.2) is 34.4 Å². The van der Waals surface area contributed by atoms with Crippen molar-refractivity contribution in [3.63, 3.8) is 0 Å². The largest absolute Gasteiger partial charge is 0.317 e. The van der Waals surface area contributed by atoms with Crippen molar-refractivity contribution in [2.24, 2.45) is 12.1 Å². The summed E-state index contributed by atoms with van der Waals surface area (Å²) >= 11 is 5.80. The Morgan fingerprint density at radius 3 is 2.92 bits per heavy atom. The first-order chi connectivity index (χ1) is 6.15. The Hall–Kier alpha value is -1.03. The van der Waals surface area contributed by atoms with E-state index in [-0.39, 0.29) is 0 Å². The summed E-state index contributed by atoms with van der Waals surface area (Å²) in [6.45, 7) is 2.90. The third-order valence-electron chi connectivity index (χ3n) is 1.80. The average Bonchev–Trinajstić information content (AvgIpc) is 2.44. The first-order valence-corrected chi connectivity index (χ1v) is 4.45. The molecule has 1 rings (SSSR count). The zero-order chi connectivity index (χ0) is 9.84. The molecule has 1 aromatic heterocycles. The van der Waals surface area contributed by atoms with Crippen LogP contribution in [0, 0.1) is 0 Å². The van der Waals surface area contributed by atoms with E-state index in [1.807, 2.05) is 26.0 Å². The highest BCUT2D eigenvalue weighted by atomic mass is 35.5. The lowest BCUT2D eigenvalue weighted by Gasteiger charge is -2.07. The predicted octanol–water partition coefficient (Wildman–Crippen LogP) is 1.36. The molecule has 0 aliphatic heterocycles. The predicted molar refractivity (Wildman–Crippen MR) is 54.1 cm³/mol. The smallest absolute Gasteiger partial charge is 0.153 e. The monoisotopic (exact) mass is 200 g/mol. The number of hydrogen-bond donors (Lipinski definition) is 0. The Kier molecular flexibility index (Phi) is 3.31. The number of hydrogen-bond acceptors (Lipinski definition) is 3. The van der Waals surface area contributed by atoms with Gasteiger partial charge in [-0.1, -0.05) is 11.6 Å². The van der Waals surface area contributed by atoms with Gasteiger partial charge >= 0.3 is 0 Å². The molecule has 0 fully saturated rings. The maximum atomic E-state index is 5.80. The second-order valence-corrected chi connectivity index (χ2v) is 3.10. The highest BCUT2D eigenvalue weighted by Gasteiger charge is 2.00. The molecule has 0 spiro atoms. The van der Waals surface area contributed by atoms with Gasteiger partial charge in [0.2, 0.25) is 0 Å². The van der Waals surface area contributed by atoms with Crippen LogP contribution in [0.15, 0.2) is 11.3 Å². The van der Waals surface area contributed by atoms with Gasteiger partial charge in [0.25, 0.3) is 0 Å². The molecule has 4 nitrogen and oxygen atoms in total. The third kappa shape index (κ3) is 2.45. The van der Waals surface area contributed by atoms with Crippen LogP contribution in [0.2, 0.25) is 5.15 Å². The molecular formula is C8H13ClN4. The fraction of sp³-hybridized carbons (Fsp3) is 0.500. The Morgan fingerprint density at radius 2 is 2.46 bits per heavy atom. The molecular weight excluding hydrogens is 188 g/mol. The molecule has 0 unspecified atom stereocenters. The van der Waals surface area contributed by atoms with Gasteiger partial charge in [0, 0.05) is 20.6 Å². The van der Waals surface area contributed by atoms with Crippen LogP contribution in [-0.2, 0) is 7.05 Å². The third-order valence-corrected chi connectivity index (χ3v) is 2.15. The molecule has 0 N–H and O–H groups in total. The molecule has 0 amide bonds. The summed E-state index contributed by atoms with van der Waals surface area (Å²) < 4.78 is 1.77. The summed E-state index contributed by atoms with van der Waals surface area (Å²) in [6, 6.07) is 0. The molecule has 0 atom stereocenters. The van der Waals surface area contributed by atoms with E-state index in [1.165, 1.54) is 0 Å². The van der Waals surface area contributed by atoms with Crippen LogP contribution in [0.3, 0.4) is 0 Å². The minimum atomic E-state index is 0.612. The second kappa shape index (κ2) is 4.28. The molecule has 5 heteroatoms. The Bertz CT molecular complexity index is 305. The maximum absolute atomic E-state index is 5.80. The average molecular weight is 201 g/mol. The van der Waals surface area contributed by atoms with E-state index < -0.39 is 0 Å². The van der Waals surface area contributed by atoms with E-state index in [0.717, 1.165) is 12.4 Å². The van der Waals surface area contributed by atoms with E-state index in [1.54, 1.807) is 17.0 Å². The van der Waals surface area contributed by atoms with E-state index in [9.17, 15) is 0 Å². The van der Waals surface area contributed by atoms with Crippen molar-refractivity contribution < 1.29 is 0 Å². The summed E-state index contributed by atoms with van der Waals surface area (Å²) in [5.74, 6) is 0.755. The Morgan fingerprint density at radius 1 is 1.77 bits per heavy atom. The van der Waals surface area contributed by atoms with Gasteiger partial charge in [0.1, 0.15) is 5.15 Å². The molecule has 0 aromatic carbocycles. The lowest BCUT2D eigenvalue weighted by atomic mass is 10.6. The number of halogens is 1. The molecule has 0 saturated heterocycles. The molecule has 0 aliphatic carbocycles. The normalized spacial score (nSPS) is 11.1. The van der Waals surface area contributed by atoms with Crippen molar-refractivity contribution in [2.45, 2.75) is 6.92 Å². The van der Waals surface area contributed by atoms with E-state index in [2.05, 4.69) is 10.1 Å². The van der Waals surface area contributed by atoms with E-state index >= 15 is 0 Å². The van der Waals surface area contributed by atoms with Gasteiger partial charge in [0.05, 0.1) is 12.4 Å². The van der Waals surface area contributed by atoms with Crippen LogP contribution in [0.1, 0.15) is 12.7 Å². The fourth-order valence-corrected chi connectivity index (χ4v) is 0.889. The quantitative estimate of drug-likeness (QED) is 0.545. The van der Waals surface area contributed by atoms with Crippen molar-refractivity contribution in [2.75, 3.05) is 13.6 Å². The zero-order valence-electron chi connectivity index (χ0n) is 8.03. The Balaban J connectivity index is 2.74. The SMILES string of the molecule is CCN(C)/N=C/c1ncc(Cl)n1C. The van der Waals surface area contributed by atoms with Crippen molar-refractivity contribution >= 4 is 17.8 Å². The first-order valence-electron chi connectivity index (χ1n) is 4.07. The van der Waals surface area contributed by atoms with Gasteiger partial charge in [-0.05, 0) is 6.92 Å². The molecule has 0 saturated carbocycles. The van der Waals surface area contributed by atoms with Gasteiger partial charge < -0.3 is 9.58 Å². The summed E-state index contributed by atoms with van der Waals surface area (Å²) in [6.07, 6.45) is 3.30. The standard InChI is InChI=1S/C8H13ClN4/c1-4-12(2)11-6-8-10-5-7(9)13(8)3/h5-6H,4H2,1-3H3/b11-6+. The van der Waals surface area contributed by atoms with E-state index in [0.29, 0.717) is 5.15 Å². The fourth-order valence-electron chi connectivity index (χ4n) is 0.754. The summed E-state index contributed by atoms with van der Waals surface area (Å²) in [5, 5.41) is 6.59. The van der Waals surface area contributed by atoms with Crippen LogP contribution < -0.4 is 0 Å². The molecule has 1 heterocycles. The number of imidazole rings is 1. The number of hydrazone groups is 1. The van der Waals surface area contributed by atoms with Crippen LogP contribution in [0.4, 0.5) is 0 Å². The molecule has 0 aliphatic rings. The van der Waals surface area contributed by atoms with Crippen molar-refractivity contribution in [3.05, 3.63) is 17.2 Å². The summed E-state index contributed by atoms with van der Waals surface area (Å²) in [4.78, 5) is 4.08. The lowest BCUT2D eigenvalue weighted by molar-refractivity contribution is 0.377. The van der Waals surface area contributed by atoms with Gasteiger partial charge in [-0.15, -0.1) is 0 Å². The number of nitrogens with zero attached hydrogens (tertiary/aromatic N) is 4.